The van der Waals surface area contributed by atoms with E-state index in [1.54, 1.807) is 0 Å². The summed E-state index contributed by atoms with van der Waals surface area (Å²) in [4.78, 5) is 2.45. The van der Waals surface area contributed by atoms with Gasteiger partial charge in [0.05, 0.1) is 0 Å². The molecule has 1 saturated heterocycles. The molecule has 10 heavy (non-hydrogen) atoms. The predicted octanol–water partition coefficient (Wildman–Crippen LogP) is 0.853. The number of nitrogens with zero attached hydrogens (tertiary/aromatic N) is 1. The lowest BCUT2D eigenvalue weighted by Crippen LogP contribution is -2.29. The van der Waals surface area contributed by atoms with Gasteiger partial charge in [-0.2, -0.15) is 0 Å². The molecule has 0 saturated carbocycles. The minimum atomic E-state index is 0.348. The van der Waals surface area contributed by atoms with Crippen LogP contribution >= 0.6 is 0 Å². The van der Waals surface area contributed by atoms with Crippen molar-refractivity contribution >= 4 is 0 Å². The summed E-state index contributed by atoms with van der Waals surface area (Å²) in [6.07, 6.45) is 3.57. The third-order valence-corrected chi connectivity index (χ3v) is 2.37. The highest BCUT2D eigenvalue weighted by molar-refractivity contribution is 4.77. The molecule has 0 aromatic carbocycles. The Morgan fingerprint density at radius 2 is 2.40 bits per heavy atom. The molecule has 0 spiro atoms. The fourth-order valence-corrected chi connectivity index (χ4v) is 1.79. The van der Waals surface area contributed by atoms with Crippen LogP contribution in [0.25, 0.3) is 0 Å². The van der Waals surface area contributed by atoms with Gasteiger partial charge in [-0.05, 0) is 32.4 Å². The van der Waals surface area contributed by atoms with Gasteiger partial charge in [0.25, 0.3) is 0 Å². The largest absolute Gasteiger partial charge is 0.396 e. The van der Waals surface area contributed by atoms with E-state index in [1.807, 2.05) is 0 Å². The normalized spacial score (nSPS) is 27.6. The second-order valence-corrected chi connectivity index (χ2v) is 2.94. The van der Waals surface area contributed by atoms with E-state index < -0.39 is 0 Å². The van der Waals surface area contributed by atoms with Crippen LogP contribution in [0.15, 0.2) is 0 Å². The van der Waals surface area contributed by atoms with Crippen LogP contribution in [-0.2, 0) is 0 Å². The Morgan fingerprint density at radius 3 is 3.00 bits per heavy atom. The van der Waals surface area contributed by atoms with Gasteiger partial charge < -0.3 is 10.0 Å². The van der Waals surface area contributed by atoms with Crippen molar-refractivity contribution in [3.63, 3.8) is 0 Å². The Kier molecular flexibility index (Phi) is 3.16. The second-order valence-electron chi connectivity index (χ2n) is 2.94. The van der Waals surface area contributed by atoms with E-state index in [0.717, 1.165) is 13.0 Å². The number of aliphatic hydroxyl groups excluding tert-OH is 1. The van der Waals surface area contributed by atoms with Crippen molar-refractivity contribution in [2.24, 2.45) is 0 Å². The highest BCUT2D eigenvalue weighted by Gasteiger charge is 2.21. The standard InChI is InChI=1S/C8H17NO/c1-2-9-6-3-4-8(9)5-7-10/h8,10H,2-7H2,1H3/t8-/m0/s1. The highest BCUT2D eigenvalue weighted by atomic mass is 16.3. The lowest BCUT2D eigenvalue weighted by atomic mass is 10.1. The van der Waals surface area contributed by atoms with E-state index in [1.165, 1.54) is 19.4 Å². The van der Waals surface area contributed by atoms with Gasteiger partial charge in [-0.1, -0.05) is 6.92 Å². The summed E-state index contributed by atoms with van der Waals surface area (Å²) in [7, 11) is 0. The van der Waals surface area contributed by atoms with Crippen LogP contribution in [0.2, 0.25) is 0 Å². The van der Waals surface area contributed by atoms with Gasteiger partial charge in [0, 0.05) is 12.6 Å². The zero-order chi connectivity index (χ0) is 7.40. The molecule has 0 amide bonds. The smallest absolute Gasteiger partial charge is 0.0445 e. The molecular formula is C8H17NO. The van der Waals surface area contributed by atoms with E-state index in [9.17, 15) is 0 Å². The van der Waals surface area contributed by atoms with Gasteiger partial charge in [-0.25, -0.2) is 0 Å². The molecule has 1 N–H and O–H groups in total. The van der Waals surface area contributed by atoms with Crippen LogP contribution in [0, 0.1) is 0 Å². The maximum atomic E-state index is 8.71. The quantitative estimate of drug-likeness (QED) is 0.633. The van der Waals surface area contributed by atoms with E-state index in [0.29, 0.717) is 12.6 Å². The number of likely N-dealkylation sites (tertiary alicyclic amines) is 1. The topological polar surface area (TPSA) is 23.5 Å². The predicted molar refractivity (Wildman–Crippen MR) is 42.0 cm³/mol. The molecule has 0 aliphatic carbocycles. The molecule has 0 aromatic heterocycles. The maximum absolute atomic E-state index is 8.71. The van der Waals surface area contributed by atoms with Crippen molar-refractivity contribution in [2.45, 2.75) is 32.2 Å². The zero-order valence-electron chi connectivity index (χ0n) is 6.71. The van der Waals surface area contributed by atoms with Gasteiger partial charge in [-0.3, -0.25) is 0 Å². The molecule has 0 radical (unpaired) electrons. The molecular weight excluding hydrogens is 126 g/mol. The molecule has 1 aliphatic heterocycles. The third-order valence-electron chi connectivity index (χ3n) is 2.37. The fraction of sp³-hybridized carbons (Fsp3) is 1.00. The average Bonchev–Trinajstić information content (AvgIpc) is 2.36. The van der Waals surface area contributed by atoms with Gasteiger partial charge in [0.15, 0.2) is 0 Å². The molecule has 1 aliphatic rings. The zero-order valence-corrected chi connectivity index (χ0v) is 6.71. The summed E-state index contributed by atoms with van der Waals surface area (Å²) in [5, 5.41) is 8.71. The van der Waals surface area contributed by atoms with E-state index in [-0.39, 0.29) is 0 Å². The fourth-order valence-electron chi connectivity index (χ4n) is 1.79. The minimum Gasteiger partial charge on any atom is -0.396 e. The molecule has 1 heterocycles. The molecule has 0 bridgehead atoms. The van der Waals surface area contributed by atoms with Crippen LogP contribution in [0.1, 0.15) is 26.2 Å². The van der Waals surface area contributed by atoms with Crippen LogP contribution in [0.4, 0.5) is 0 Å². The average molecular weight is 143 g/mol. The lowest BCUT2D eigenvalue weighted by Gasteiger charge is -2.21. The molecule has 0 unspecified atom stereocenters. The highest BCUT2D eigenvalue weighted by Crippen LogP contribution is 2.18. The molecule has 2 heteroatoms. The van der Waals surface area contributed by atoms with E-state index in [4.69, 9.17) is 5.11 Å². The van der Waals surface area contributed by atoms with Crippen molar-refractivity contribution in [1.82, 2.24) is 4.90 Å². The van der Waals surface area contributed by atoms with Crippen molar-refractivity contribution in [1.29, 1.82) is 0 Å². The molecule has 0 aromatic rings. The van der Waals surface area contributed by atoms with Crippen LogP contribution in [0.5, 0.6) is 0 Å². The summed E-state index contributed by atoms with van der Waals surface area (Å²) in [6, 6.07) is 0.676. The molecule has 1 rings (SSSR count). The summed E-state index contributed by atoms with van der Waals surface area (Å²) in [5.74, 6) is 0. The maximum Gasteiger partial charge on any atom is 0.0445 e. The lowest BCUT2D eigenvalue weighted by molar-refractivity contribution is 0.201. The van der Waals surface area contributed by atoms with E-state index >= 15 is 0 Å². The first-order chi connectivity index (χ1) is 4.88. The first-order valence-electron chi connectivity index (χ1n) is 4.23. The van der Waals surface area contributed by atoms with E-state index in [2.05, 4.69) is 11.8 Å². The van der Waals surface area contributed by atoms with Crippen LogP contribution < -0.4 is 0 Å². The van der Waals surface area contributed by atoms with Crippen LogP contribution in [-0.4, -0.2) is 35.7 Å². The van der Waals surface area contributed by atoms with Gasteiger partial charge in [0.1, 0.15) is 0 Å². The number of rotatable bonds is 3. The summed E-state index contributed by atoms with van der Waals surface area (Å²) in [6.45, 7) is 4.92. The monoisotopic (exact) mass is 143 g/mol. The summed E-state index contributed by atoms with van der Waals surface area (Å²) >= 11 is 0. The number of hydrogen-bond acceptors (Lipinski definition) is 2. The molecule has 60 valence electrons. The Morgan fingerprint density at radius 1 is 1.60 bits per heavy atom. The number of aliphatic hydroxyl groups is 1. The Bertz CT molecular complexity index is 95.3. The van der Waals surface area contributed by atoms with Crippen LogP contribution in [0.3, 0.4) is 0 Å². The first-order valence-corrected chi connectivity index (χ1v) is 4.23. The molecule has 2 nitrogen and oxygen atoms in total. The van der Waals surface area contributed by atoms with Crippen molar-refractivity contribution < 1.29 is 5.11 Å². The summed E-state index contributed by atoms with van der Waals surface area (Å²) in [5.41, 5.74) is 0. The Hall–Kier alpha value is -0.0800. The Labute approximate surface area is 62.8 Å². The molecule has 1 fully saturated rings. The van der Waals surface area contributed by atoms with Crippen molar-refractivity contribution in [3.05, 3.63) is 0 Å². The SMILES string of the molecule is CCN1CCC[C@H]1CCO. The van der Waals surface area contributed by atoms with Gasteiger partial charge >= 0.3 is 0 Å². The first kappa shape index (κ1) is 8.02. The number of hydrogen-bond donors (Lipinski definition) is 1. The third kappa shape index (κ3) is 1.70. The van der Waals surface area contributed by atoms with Crippen molar-refractivity contribution in [3.8, 4) is 0 Å². The summed E-state index contributed by atoms with van der Waals surface area (Å²) < 4.78 is 0. The van der Waals surface area contributed by atoms with Gasteiger partial charge in [-0.15, -0.1) is 0 Å². The Balaban J connectivity index is 2.27. The molecule has 1 atom stereocenters. The minimum absolute atomic E-state index is 0.348. The van der Waals surface area contributed by atoms with Gasteiger partial charge in [0.2, 0.25) is 0 Å². The van der Waals surface area contributed by atoms with Crippen molar-refractivity contribution in [2.75, 3.05) is 19.7 Å². The second kappa shape index (κ2) is 3.94.